The highest BCUT2D eigenvalue weighted by Crippen LogP contribution is 2.35. The maximum absolute atomic E-state index is 13.2. The number of nitrogens with zero attached hydrogens (tertiary/aromatic N) is 5. The summed E-state index contributed by atoms with van der Waals surface area (Å²) in [6.45, 7) is 0.159. The molecule has 0 bridgehead atoms. The number of aromatic nitrogens is 4. The van der Waals surface area contributed by atoms with Gasteiger partial charge in [0.1, 0.15) is 6.33 Å². The molecule has 1 N–H and O–H groups in total. The highest BCUT2D eigenvalue weighted by Gasteiger charge is 2.35. The summed E-state index contributed by atoms with van der Waals surface area (Å²) in [5.41, 5.74) is -0.648. The van der Waals surface area contributed by atoms with Crippen LogP contribution in [0.1, 0.15) is 18.4 Å². The molecule has 4 rings (SSSR count). The van der Waals surface area contributed by atoms with E-state index in [1.165, 1.54) is 45.6 Å². The molecule has 0 spiro atoms. The first-order valence-corrected chi connectivity index (χ1v) is 11.4. The standard InChI is InChI=1S/C20H19F3N6O3S/c21-20(22,23)17-3-1-2-4-18(17)25-19(30)14-9-11-28(12-10-14)33(31,32)16-7-5-15(6-8-16)29-13-24-26-27-29/h1-8,13-14H,9-12H2,(H,25,30). The molecule has 1 aromatic heterocycles. The Morgan fingerprint density at radius 3 is 2.30 bits per heavy atom. The predicted molar refractivity (Wildman–Crippen MR) is 111 cm³/mol. The smallest absolute Gasteiger partial charge is 0.325 e. The molecular weight excluding hydrogens is 461 g/mol. The lowest BCUT2D eigenvalue weighted by Gasteiger charge is -2.30. The number of amides is 1. The summed E-state index contributed by atoms with van der Waals surface area (Å²) in [4.78, 5) is 12.6. The summed E-state index contributed by atoms with van der Waals surface area (Å²) in [5, 5.41) is 13.1. The van der Waals surface area contributed by atoms with Crippen LogP contribution in [0.3, 0.4) is 0 Å². The zero-order chi connectivity index (χ0) is 23.6. The van der Waals surface area contributed by atoms with Gasteiger partial charge < -0.3 is 5.32 Å². The molecule has 33 heavy (non-hydrogen) atoms. The van der Waals surface area contributed by atoms with Crippen molar-refractivity contribution < 1.29 is 26.4 Å². The number of piperidine rings is 1. The third-order valence-corrected chi connectivity index (χ3v) is 7.32. The van der Waals surface area contributed by atoms with E-state index in [9.17, 15) is 26.4 Å². The van der Waals surface area contributed by atoms with Crippen molar-refractivity contribution in [2.45, 2.75) is 23.9 Å². The van der Waals surface area contributed by atoms with Crippen LogP contribution in [0.25, 0.3) is 5.69 Å². The Morgan fingerprint density at radius 2 is 1.70 bits per heavy atom. The third kappa shape index (κ3) is 4.88. The number of para-hydroxylation sites is 1. The van der Waals surface area contributed by atoms with Crippen molar-refractivity contribution in [3.8, 4) is 5.69 Å². The second kappa shape index (κ2) is 8.90. The Kier molecular flexibility index (Phi) is 6.17. The molecule has 0 radical (unpaired) electrons. The van der Waals surface area contributed by atoms with Crippen LogP contribution in [-0.2, 0) is 21.0 Å². The summed E-state index contributed by atoms with van der Waals surface area (Å²) < 4.78 is 68.0. The van der Waals surface area contributed by atoms with Gasteiger partial charge in [0.2, 0.25) is 15.9 Å². The number of rotatable bonds is 5. The first-order valence-electron chi connectivity index (χ1n) is 9.97. The SMILES string of the molecule is O=C(Nc1ccccc1C(F)(F)F)C1CCN(S(=O)(=O)c2ccc(-n3cnnn3)cc2)CC1. The first-order chi connectivity index (χ1) is 15.7. The van der Waals surface area contributed by atoms with Crippen LogP contribution < -0.4 is 5.32 Å². The van der Waals surface area contributed by atoms with E-state index in [2.05, 4.69) is 20.8 Å². The van der Waals surface area contributed by atoms with Gasteiger partial charge in [-0.1, -0.05) is 12.1 Å². The molecule has 1 saturated heterocycles. The summed E-state index contributed by atoms with van der Waals surface area (Å²) in [7, 11) is -3.79. The van der Waals surface area contributed by atoms with E-state index < -0.39 is 33.6 Å². The van der Waals surface area contributed by atoms with Gasteiger partial charge in [-0.2, -0.15) is 17.5 Å². The molecule has 1 amide bonds. The highest BCUT2D eigenvalue weighted by molar-refractivity contribution is 7.89. The molecule has 2 aromatic carbocycles. The number of carbonyl (C=O) groups excluding carboxylic acids is 1. The van der Waals surface area contributed by atoms with Gasteiger partial charge >= 0.3 is 6.18 Å². The lowest BCUT2D eigenvalue weighted by atomic mass is 9.97. The molecule has 174 valence electrons. The fourth-order valence-corrected chi connectivity index (χ4v) is 5.10. The van der Waals surface area contributed by atoms with Crippen molar-refractivity contribution >= 4 is 21.6 Å². The van der Waals surface area contributed by atoms with E-state index in [4.69, 9.17) is 0 Å². The number of anilines is 1. The minimum atomic E-state index is -4.60. The minimum absolute atomic E-state index is 0.0794. The molecule has 3 aromatic rings. The highest BCUT2D eigenvalue weighted by atomic mass is 32.2. The zero-order valence-corrected chi connectivity index (χ0v) is 17.9. The molecule has 0 unspecified atom stereocenters. The Labute approximate surface area is 187 Å². The van der Waals surface area contributed by atoms with E-state index in [1.54, 1.807) is 12.1 Å². The molecule has 1 aliphatic heterocycles. The van der Waals surface area contributed by atoms with Crippen molar-refractivity contribution in [1.29, 1.82) is 0 Å². The first kappa shape index (κ1) is 22.9. The Morgan fingerprint density at radius 1 is 1.03 bits per heavy atom. The lowest BCUT2D eigenvalue weighted by molar-refractivity contribution is -0.137. The van der Waals surface area contributed by atoms with E-state index >= 15 is 0 Å². The Balaban J connectivity index is 1.40. The quantitative estimate of drug-likeness (QED) is 0.601. The molecule has 1 fully saturated rings. The van der Waals surface area contributed by atoms with Crippen LogP contribution in [0.5, 0.6) is 0 Å². The van der Waals surface area contributed by atoms with Gasteiger partial charge in [-0.05, 0) is 59.7 Å². The van der Waals surface area contributed by atoms with Crippen molar-refractivity contribution in [3.05, 3.63) is 60.4 Å². The number of halogens is 3. The van der Waals surface area contributed by atoms with Gasteiger partial charge in [-0.25, -0.2) is 13.1 Å². The number of tetrazole rings is 1. The average molecular weight is 480 g/mol. The molecular formula is C20H19F3N6O3S. The van der Waals surface area contributed by atoms with Gasteiger partial charge in [-0.15, -0.1) is 5.10 Å². The Hall–Kier alpha value is -3.32. The average Bonchev–Trinajstić information content (AvgIpc) is 3.34. The summed E-state index contributed by atoms with van der Waals surface area (Å²) in [5.74, 6) is -1.16. The number of carbonyl (C=O) groups is 1. The second-order valence-electron chi connectivity index (χ2n) is 7.46. The lowest BCUT2D eigenvalue weighted by Crippen LogP contribution is -2.41. The van der Waals surface area contributed by atoms with E-state index in [1.807, 2.05) is 0 Å². The molecule has 13 heteroatoms. The molecule has 0 saturated carbocycles. The fourth-order valence-electron chi connectivity index (χ4n) is 3.63. The monoisotopic (exact) mass is 480 g/mol. The molecule has 9 nitrogen and oxygen atoms in total. The summed E-state index contributed by atoms with van der Waals surface area (Å²) in [6, 6.07) is 10.8. The van der Waals surface area contributed by atoms with Crippen LogP contribution in [0.2, 0.25) is 0 Å². The molecule has 1 aliphatic rings. The van der Waals surface area contributed by atoms with Crippen LogP contribution in [0, 0.1) is 5.92 Å². The Bertz CT molecular complexity index is 1220. The largest absolute Gasteiger partial charge is 0.418 e. The number of hydrogen-bond acceptors (Lipinski definition) is 6. The zero-order valence-electron chi connectivity index (χ0n) is 17.1. The molecule has 0 atom stereocenters. The normalized spacial score (nSPS) is 16.0. The number of hydrogen-bond donors (Lipinski definition) is 1. The summed E-state index contributed by atoms with van der Waals surface area (Å²) in [6.07, 6.45) is -2.82. The number of alkyl halides is 3. The van der Waals surface area contributed by atoms with Gasteiger partial charge in [0, 0.05) is 19.0 Å². The molecule has 0 aliphatic carbocycles. The van der Waals surface area contributed by atoms with Crippen molar-refractivity contribution in [1.82, 2.24) is 24.5 Å². The number of nitrogens with one attached hydrogen (secondary N) is 1. The maximum Gasteiger partial charge on any atom is 0.418 e. The predicted octanol–water partition coefficient (Wildman–Crippen LogP) is 2.72. The van der Waals surface area contributed by atoms with E-state index in [0.717, 1.165) is 6.07 Å². The number of benzene rings is 2. The van der Waals surface area contributed by atoms with Crippen molar-refractivity contribution in [3.63, 3.8) is 0 Å². The number of sulfonamides is 1. The van der Waals surface area contributed by atoms with Gasteiger partial charge in [0.15, 0.2) is 0 Å². The minimum Gasteiger partial charge on any atom is -0.325 e. The summed E-state index contributed by atoms with van der Waals surface area (Å²) >= 11 is 0. The maximum atomic E-state index is 13.2. The third-order valence-electron chi connectivity index (χ3n) is 5.40. The van der Waals surface area contributed by atoms with Crippen molar-refractivity contribution in [2.24, 2.45) is 5.92 Å². The topological polar surface area (TPSA) is 110 Å². The van der Waals surface area contributed by atoms with Crippen LogP contribution >= 0.6 is 0 Å². The van der Waals surface area contributed by atoms with Crippen LogP contribution in [-0.4, -0.2) is 51.9 Å². The van der Waals surface area contributed by atoms with Crippen LogP contribution in [0.15, 0.2) is 59.8 Å². The van der Waals surface area contributed by atoms with Crippen molar-refractivity contribution in [2.75, 3.05) is 18.4 Å². The van der Waals surface area contributed by atoms with Gasteiger partial charge in [-0.3, -0.25) is 4.79 Å². The fraction of sp³-hybridized carbons (Fsp3) is 0.300. The second-order valence-corrected chi connectivity index (χ2v) is 9.40. The van der Waals surface area contributed by atoms with E-state index in [0.29, 0.717) is 5.69 Å². The van der Waals surface area contributed by atoms with Gasteiger partial charge in [0.25, 0.3) is 0 Å². The van der Waals surface area contributed by atoms with Gasteiger partial charge in [0.05, 0.1) is 21.8 Å². The molecule has 2 heterocycles. The van der Waals surface area contributed by atoms with Crippen LogP contribution in [0.4, 0.5) is 18.9 Å². The van der Waals surface area contributed by atoms with E-state index in [-0.39, 0.29) is 36.5 Å².